The molecule has 8 aromatic rings. The zero-order valence-corrected chi connectivity index (χ0v) is 24.1. The third-order valence-electron chi connectivity index (χ3n) is 8.27. The molecular formula is C42H29NO. The molecule has 0 aliphatic carbocycles. The number of rotatable bonds is 6. The number of hydrogen-bond acceptors (Lipinski definition) is 2. The van der Waals surface area contributed by atoms with Gasteiger partial charge >= 0.3 is 0 Å². The number of para-hydroxylation sites is 3. The molecule has 8 rings (SSSR count). The molecule has 44 heavy (non-hydrogen) atoms. The summed E-state index contributed by atoms with van der Waals surface area (Å²) < 4.78 is 6.42. The summed E-state index contributed by atoms with van der Waals surface area (Å²) in [6.07, 6.45) is 0. The Kier molecular flexibility index (Phi) is 6.51. The van der Waals surface area contributed by atoms with Crippen molar-refractivity contribution in [2.45, 2.75) is 0 Å². The summed E-state index contributed by atoms with van der Waals surface area (Å²) in [7, 11) is 0. The first-order valence-electron chi connectivity index (χ1n) is 14.9. The van der Waals surface area contributed by atoms with Crippen LogP contribution in [0.5, 0.6) is 0 Å². The monoisotopic (exact) mass is 563 g/mol. The molecule has 0 unspecified atom stereocenters. The minimum absolute atomic E-state index is 0.844. The number of anilines is 3. The molecule has 0 bridgehead atoms. The second-order valence-corrected chi connectivity index (χ2v) is 11.0. The lowest BCUT2D eigenvalue weighted by Gasteiger charge is -2.29. The van der Waals surface area contributed by atoms with Gasteiger partial charge in [0.15, 0.2) is 0 Å². The number of benzene rings is 7. The van der Waals surface area contributed by atoms with Crippen LogP contribution in [0, 0.1) is 0 Å². The largest absolute Gasteiger partial charge is 0.456 e. The van der Waals surface area contributed by atoms with Crippen LogP contribution >= 0.6 is 0 Å². The van der Waals surface area contributed by atoms with E-state index in [1.807, 2.05) is 18.2 Å². The third-order valence-corrected chi connectivity index (χ3v) is 8.27. The smallest absolute Gasteiger partial charge is 0.137 e. The maximum absolute atomic E-state index is 6.42. The Morgan fingerprint density at radius 2 is 0.955 bits per heavy atom. The summed E-state index contributed by atoms with van der Waals surface area (Å²) in [5.74, 6) is 0.844. The van der Waals surface area contributed by atoms with Gasteiger partial charge in [-0.3, -0.25) is 0 Å². The summed E-state index contributed by atoms with van der Waals surface area (Å²) in [5, 5.41) is 3.58. The third kappa shape index (κ3) is 4.73. The van der Waals surface area contributed by atoms with E-state index >= 15 is 0 Å². The highest BCUT2D eigenvalue weighted by molar-refractivity contribution is 5.95. The molecule has 0 saturated heterocycles. The van der Waals surface area contributed by atoms with E-state index in [9.17, 15) is 0 Å². The minimum Gasteiger partial charge on any atom is -0.456 e. The van der Waals surface area contributed by atoms with Crippen LogP contribution in [-0.4, -0.2) is 0 Å². The Bertz CT molecular complexity index is 2190. The quantitative estimate of drug-likeness (QED) is 0.200. The predicted octanol–water partition coefficient (Wildman–Crippen LogP) is 12.1. The maximum Gasteiger partial charge on any atom is 0.137 e. The average Bonchev–Trinajstić information content (AvgIpc) is 3.54. The van der Waals surface area contributed by atoms with Gasteiger partial charge in [0, 0.05) is 22.2 Å². The number of furan rings is 1. The van der Waals surface area contributed by atoms with Crippen molar-refractivity contribution in [1.29, 1.82) is 0 Å². The normalized spacial score (nSPS) is 11.2. The van der Waals surface area contributed by atoms with Crippen LogP contribution in [0.1, 0.15) is 0 Å². The highest BCUT2D eigenvalue weighted by Crippen LogP contribution is 2.45. The van der Waals surface area contributed by atoms with Crippen LogP contribution < -0.4 is 4.90 Å². The molecule has 7 aromatic carbocycles. The molecule has 0 amide bonds. The van der Waals surface area contributed by atoms with Gasteiger partial charge < -0.3 is 9.32 Å². The van der Waals surface area contributed by atoms with Crippen molar-refractivity contribution in [3.05, 3.63) is 176 Å². The summed E-state index contributed by atoms with van der Waals surface area (Å²) >= 11 is 0. The van der Waals surface area contributed by atoms with Gasteiger partial charge in [-0.15, -0.1) is 0 Å². The van der Waals surface area contributed by atoms with Crippen molar-refractivity contribution in [3.8, 4) is 33.6 Å². The fraction of sp³-hybridized carbons (Fsp3) is 0. The summed E-state index contributed by atoms with van der Waals surface area (Å²) in [4.78, 5) is 2.36. The Morgan fingerprint density at radius 3 is 1.73 bits per heavy atom. The first-order valence-corrected chi connectivity index (χ1v) is 14.9. The van der Waals surface area contributed by atoms with Gasteiger partial charge in [-0.1, -0.05) is 127 Å². The van der Waals surface area contributed by atoms with Crippen molar-refractivity contribution in [2.75, 3.05) is 4.90 Å². The Hall–Kier alpha value is -5.86. The Balaban J connectivity index is 1.30. The van der Waals surface area contributed by atoms with Crippen LogP contribution in [0.25, 0.3) is 55.3 Å². The van der Waals surface area contributed by atoms with E-state index in [1.54, 1.807) is 0 Å². The maximum atomic E-state index is 6.42. The molecule has 0 fully saturated rings. The summed E-state index contributed by atoms with van der Waals surface area (Å²) in [6, 6.07) is 62.1. The molecule has 0 aliphatic rings. The molecule has 1 heterocycles. The van der Waals surface area contributed by atoms with E-state index in [1.165, 1.54) is 27.5 Å². The zero-order chi connectivity index (χ0) is 29.3. The first-order chi connectivity index (χ1) is 21.8. The van der Waals surface area contributed by atoms with Crippen LogP contribution in [0.2, 0.25) is 0 Å². The van der Waals surface area contributed by atoms with Crippen LogP contribution in [0.15, 0.2) is 180 Å². The van der Waals surface area contributed by atoms with Crippen molar-refractivity contribution >= 4 is 38.8 Å². The molecule has 0 atom stereocenters. The van der Waals surface area contributed by atoms with Crippen molar-refractivity contribution in [2.24, 2.45) is 0 Å². The topological polar surface area (TPSA) is 16.4 Å². The van der Waals surface area contributed by atoms with E-state index < -0.39 is 0 Å². The predicted molar refractivity (Wildman–Crippen MR) is 185 cm³/mol. The number of hydrogen-bond donors (Lipinski definition) is 0. The van der Waals surface area contributed by atoms with Crippen LogP contribution in [-0.2, 0) is 0 Å². The van der Waals surface area contributed by atoms with Gasteiger partial charge in [0.25, 0.3) is 0 Å². The lowest BCUT2D eigenvalue weighted by Crippen LogP contribution is -2.12. The lowest BCUT2D eigenvalue weighted by atomic mass is 9.99. The fourth-order valence-corrected chi connectivity index (χ4v) is 6.10. The van der Waals surface area contributed by atoms with E-state index in [-0.39, 0.29) is 0 Å². The van der Waals surface area contributed by atoms with Crippen molar-refractivity contribution in [3.63, 3.8) is 0 Å². The highest BCUT2D eigenvalue weighted by atomic mass is 16.3. The van der Waals surface area contributed by atoms with Crippen LogP contribution in [0.4, 0.5) is 17.1 Å². The second kappa shape index (κ2) is 11.1. The molecule has 2 heteroatoms. The summed E-state index contributed by atoms with van der Waals surface area (Å²) in [6.45, 7) is 0. The van der Waals surface area contributed by atoms with Gasteiger partial charge in [-0.2, -0.15) is 0 Å². The van der Waals surface area contributed by atoms with Gasteiger partial charge in [-0.05, 0) is 76.0 Å². The number of fused-ring (bicyclic) bond motifs is 2. The van der Waals surface area contributed by atoms with Crippen molar-refractivity contribution < 1.29 is 4.42 Å². The van der Waals surface area contributed by atoms with Gasteiger partial charge in [-0.25, -0.2) is 0 Å². The standard InChI is InChI=1S/C42H29NO/c1-2-13-32(14-3-1)37-17-7-9-19-39(37)43(40-20-10-8-18-38(40)42-29-35-16-6-11-21-41(35)44-42)36-26-24-31(25-27-36)34-23-22-30-12-4-5-15-33(30)28-34/h1-29H. The summed E-state index contributed by atoms with van der Waals surface area (Å²) in [5.41, 5.74) is 9.85. The molecule has 0 aliphatic heterocycles. The van der Waals surface area contributed by atoms with E-state index in [4.69, 9.17) is 4.42 Å². The molecule has 0 radical (unpaired) electrons. The lowest BCUT2D eigenvalue weighted by molar-refractivity contribution is 0.631. The fourth-order valence-electron chi connectivity index (χ4n) is 6.10. The van der Waals surface area contributed by atoms with E-state index in [0.717, 1.165) is 44.9 Å². The molecule has 1 aromatic heterocycles. The SMILES string of the molecule is c1ccc(-c2ccccc2N(c2ccc(-c3ccc4ccccc4c3)cc2)c2ccccc2-c2cc3ccccc3o2)cc1. The molecule has 208 valence electrons. The Morgan fingerprint density at radius 1 is 0.364 bits per heavy atom. The van der Waals surface area contributed by atoms with Crippen molar-refractivity contribution in [1.82, 2.24) is 0 Å². The second-order valence-electron chi connectivity index (χ2n) is 11.0. The van der Waals surface area contributed by atoms with E-state index in [0.29, 0.717) is 0 Å². The Labute approximate surface area is 257 Å². The molecular weight excluding hydrogens is 534 g/mol. The average molecular weight is 564 g/mol. The minimum atomic E-state index is 0.844. The van der Waals surface area contributed by atoms with Gasteiger partial charge in [0.05, 0.1) is 11.4 Å². The first kappa shape index (κ1) is 25.8. The molecule has 0 spiro atoms. The molecule has 0 saturated carbocycles. The highest BCUT2D eigenvalue weighted by Gasteiger charge is 2.21. The number of nitrogens with zero attached hydrogens (tertiary/aromatic N) is 1. The van der Waals surface area contributed by atoms with Gasteiger partial charge in [0.1, 0.15) is 11.3 Å². The van der Waals surface area contributed by atoms with E-state index in [2.05, 4.69) is 163 Å². The molecule has 2 nitrogen and oxygen atoms in total. The molecule has 0 N–H and O–H groups in total. The van der Waals surface area contributed by atoms with Crippen LogP contribution in [0.3, 0.4) is 0 Å². The van der Waals surface area contributed by atoms with Gasteiger partial charge in [0.2, 0.25) is 0 Å². The zero-order valence-electron chi connectivity index (χ0n) is 24.1.